The summed E-state index contributed by atoms with van der Waals surface area (Å²) in [5, 5.41) is 2.63. The van der Waals surface area contributed by atoms with Crippen LogP contribution in [0.25, 0.3) is 0 Å². The first-order valence-corrected chi connectivity index (χ1v) is 10.6. The monoisotopic (exact) mass is 448 g/mol. The number of carbonyl (C=O) groups excluding carboxylic acids is 2. The fourth-order valence-electron chi connectivity index (χ4n) is 4.01. The second-order valence-electron chi connectivity index (χ2n) is 8.13. The van der Waals surface area contributed by atoms with Crippen molar-refractivity contribution in [1.29, 1.82) is 0 Å². The molecule has 1 saturated carbocycles. The summed E-state index contributed by atoms with van der Waals surface area (Å²) in [6, 6.07) is 8.65. The molecule has 0 aromatic heterocycles. The summed E-state index contributed by atoms with van der Waals surface area (Å²) in [5.41, 5.74) is 0.0248. The number of hydrogen-bond acceptors (Lipinski definition) is 3. The van der Waals surface area contributed by atoms with Crippen LogP contribution in [-0.4, -0.2) is 37.4 Å². The zero-order valence-electron chi connectivity index (χ0n) is 18.2. The van der Waals surface area contributed by atoms with E-state index in [1.165, 1.54) is 32.4 Å². The molecule has 2 amide bonds. The van der Waals surface area contributed by atoms with E-state index in [0.717, 1.165) is 37.1 Å². The van der Waals surface area contributed by atoms with Crippen LogP contribution in [0.1, 0.15) is 58.4 Å². The quantitative estimate of drug-likeness (QED) is 0.624. The van der Waals surface area contributed by atoms with Crippen LogP contribution in [0.2, 0.25) is 0 Å². The maximum absolute atomic E-state index is 12.9. The fourth-order valence-corrected chi connectivity index (χ4v) is 4.01. The van der Waals surface area contributed by atoms with E-state index >= 15 is 0 Å². The normalized spacial score (nSPS) is 14.7. The minimum absolute atomic E-state index is 0.0873. The predicted octanol–water partition coefficient (Wildman–Crippen LogP) is 5.62. The molecule has 1 aliphatic carbocycles. The Labute approximate surface area is 185 Å². The van der Waals surface area contributed by atoms with Crippen molar-refractivity contribution in [3.8, 4) is 5.75 Å². The summed E-state index contributed by atoms with van der Waals surface area (Å²) in [7, 11) is 3.21. The number of rotatable bonds is 6. The first kappa shape index (κ1) is 23.6. The molecule has 2 aromatic carbocycles. The van der Waals surface area contributed by atoms with Gasteiger partial charge in [0.05, 0.1) is 18.2 Å². The Morgan fingerprint density at radius 3 is 2.31 bits per heavy atom. The van der Waals surface area contributed by atoms with Crippen molar-refractivity contribution >= 4 is 17.5 Å². The third kappa shape index (κ3) is 5.81. The van der Waals surface area contributed by atoms with Gasteiger partial charge >= 0.3 is 6.18 Å². The van der Waals surface area contributed by atoms with Crippen LogP contribution < -0.4 is 10.1 Å². The molecule has 1 aliphatic rings. The molecule has 1 fully saturated rings. The van der Waals surface area contributed by atoms with E-state index in [-0.39, 0.29) is 11.5 Å². The van der Waals surface area contributed by atoms with Crippen molar-refractivity contribution < 1.29 is 27.5 Å². The van der Waals surface area contributed by atoms with Gasteiger partial charge in [0, 0.05) is 30.9 Å². The van der Waals surface area contributed by atoms with Crippen LogP contribution in [0.3, 0.4) is 0 Å². The summed E-state index contributed by atoms with van der Waals surface area (Å²) < 4.78 is 43.5. The van der Waals surface area contributed by atoms with Crippen LogP contribution in [-0.2, 0) is 6.18 Å². The Bertz CT molecular complexity index is 952. The Kier molecular flexibility index (Phi) is 7.43. The van der Waals surface area contributed by atoms with Gasteiger partial charge < -0.3 is 15.0 Å². The largest absolute Gasteiger partial charge is 0.496 e. The standard InChI is InChI=1S/C24H27F3N2O3/c1-29(15-16-6-4-3-5-7-16)23(31)20-13-12-19(14-21(20)32-2)28-22(30)17-8-10-18(11-9-17)24(25,26)27/h8-14,16H,3-7,15H2,1-2H3,(H,28,30). The average molecular weight is 448 g/mol. The van der Waals surface area contributed by atoms with E-state index in [4.69, 9.17) is 4.74 Å². The second-order valence-corrected chi connectivity index (χ2v) is 8.13. The molecule has 0 heterocycles. The molecule has 0 radical (unpaired) electrons. The number of carbonyl (C=O) groups is 2. The van der Waals surface area contributed by atoms with Gasteiger partial charge in [-0.1, -0.05) is 19.3 Å². The number of ether oxygens (including phenoxy) is 1. The van der Waals surface area contributed by atoms with Crippen molar-refractivity contribution in [1.82, 2.24) is 4.90 Å². The molecule has 0 atom stereocenters. The van der Waals surface area contributed by atoms with E-state index < -0.39 is 17.6 Å². The molecular weight excluding hydrogens is 421 g/mol. The number of anilines is 1. The summed E-state index contributed by atoms with van der Waals surface area (Å²) in [4.78, 5) is 27.1. The van der Waals surface area contributed by atoms with Crippen molar-refractivity contribution in [3.05, 3.63) is 59.2 Å². The molecular formula is C24H27F3N2O3. The summed E-state index contributed by atoms with van der Waals surface area (Å²) >= 11 is 0. The first-order valence-electron chi connectivity index (χ1n) is 10.6. The molecule has 5 nitrogen and oxygen atoms in total. The molecule has 0 unspecified atom stereocenters. The van der Waals surface area contributed by atoms with Gasteiger partial charge in [-0.25, -0.2) is 0 Å². The molecule has 0 bridgehead atoms. The van der Waals surface area contributed by atoms with Crippen LogP contribution in [0.4, 0.5) is 18.9 Å². The van der Waals surface area contributed by atoms with Crippen molar-refractivity contribution in [3.63, 3.8) is 0 Å². The van der Waals surface area contributed by atoms with E-state index in [1.54, 1.807) is 24.1 Å². The minimum Gasteiger partial charge on any atom is -0.496 e. The Hall–Kier alpha value is -3.03. The predicted molar refractivity (Wildman–Crippen MR) is 116 cm³/mol. The first-order chi connectivity index (χ1) is 15.2. The highest BCUT2D eigenvalue weighted by Gasteiger charge is 2.30. The highest BCUT2D eigenvalue weighted by Crippen LogP contribution is 2.30. The van der Waals surface area contributed by atoms with Crippen LogP contribution >= 0.6 is 0 Å². The number of halogens is 3. The highest BCUT2D eigenvalue weighted by atomic mass is 19.4. The van der Waals surface area contributed by atoms with E-state index in [2.05, 4.69) is 5.32 Å². The van der Waals surface area contributed by atoms with Gasteiger partial charge in [-0.15, -0.1) is 0 Å². The average Bonchev–Trinajstić information content (AvgIpc) is 2.78. The van der Waals surface area contributed by atoms with Gasteiger partial charge in [-0.2, -0.15) is 13.2 Å². The number of nitrogens with zero attached hydrogens (tertiary/aromatic N) is 1. The lowest BCUT2D eigenvalue weighted by Crippen LogP contribution is -2.32. The van der Waals surface area contributed by atoms with Crippen molar-refractivity contribution in [2.75, 3.05) is 26.0 Å². The Balaban J connectivity index is 1.69. The molecule has 3 rings (SSSR count). The second kappa shape index (κ2) is 10.1. The van der Waals surface area contributed by atoms with Crippen LogP contribution in [0.15, 0.2) is 42.5 Å². The molecule has 0 saturated heterocycles. The molecule has 172 valence electrons. The van der Waals surface area contributed by atoms with Gasteiger partial charge in [0.15, 0.2) is 0 Å². The molecule has 32 heavy (non-hydrogen) atoms. The number of nitrogens with one attached hydrogen (secondary N) is 1. The smallest absolute Gasteiger partial charge is 0.416 e. The lowest BCUT2D eigenvalue weighted by molar-refractivity contribution is -0.137. The summed E-state index contributed by atoms with van der Waals surface area (Å²) in [5.74, 6) is 0.101. The Morgan fingerprint density at radius 1 is 1.06 bits per heavy atom. The van der Waals surface area contributed by atoms with Gasteiger partial charge in [0.2, 0.25) is 0 Å². The van der Waals surface area contributed by atoms with Gasteiger partial charge in [-0.05, 0) is 55.2 Å². The lowest BCUT2D eigenvalue weighted by atomic mass is 9.89. The topological polar surface area (TPSA) is 58.6 Å². The number of methoxy groups -OCH3 is 1. The van der Waals surface area contributed by atoms with Crippen molar-refractivity contribution in [2.45, 2.75) is 38.3 Å². The van der Waals surface area contributed by atoms with Crippen LogP contribution in [0, 0.1) is 5.92 Å². The van der Waals surface area contributed by atoms with E-state index in [1.807, 2.05) is 0 Å². The molecule has 0 aliphatic heterocycles. The number of alkyl halides is 3. The third-order valence-electron chi connectivity index (χ3n) is 5.77. The maximum atomic E-state index is 12.9. The molecule has 0 spiro atoms. The summed E-state index contributed by atoms with van der Waals surface area (Å²) in [6.45, 7) is 0.689. The minimum atomic E-state index is -4.46. The molecule has 8 heteroatoms. The Morgan fingerprint density at radius 2 is 1.72 bits per heavy atom. The van der Waals surface area contributed by atoms with Crippen molar-refractivity contribution in [2.24, 2.45) is 5.92 Å². The number of benzene rings is 2. The van der Waals surface area contributed by atoms with E-state index in [9.17, 15) is 22.8 Å². The van der Waals surface area contributed by atoms with E-state index in [0.29, 0.717) is 29.5 Å². The summed E-state index contributed by atoms with van der Waals surface area (Å²) in [6.07, 6.45) is 1.44. The zero-order chi connectivity index (χ0) is 23.3. The number of amides is 2. The highest BCUT2D eigenvalue weighted by molar-refractivity contribution is 6.05. The SMILES string of the molecule is COc1cc(NC(=O)c2ccc(C(F)(F)F)cc2)ccc1C(=O)N(C)CC1CCCCC1. The van der Waals surface area contributed by atoms with Gasteiger partial charge in [-0.3, -0.25) is 9.59 Å². The third-order valence-corrected chi connectivity index (χ3v) is 5.77. The molecule has 2 aromatic rings. The van der Waals surface area contributed by atoms with Crippen LogP contribution in [0.5, 0.6) is 5.75 Å². The van der Waals surface area contributed by atoms with Gasteiger partial charge in [0.25, 0.3) is 11.8 Å². The lowest BCUT2D eigenvalue weighted by Gasteiger charge is -2.27. The maximum Gasteiger partial charge on any atom is 0.416 e. The fraction of sp³-hybridized carbons (Fsp3) is 0.417. The van der Waals surface area contributed by atoms with Gasteiger partial charge in [0.1, 0.15) is 5.75 Å². The zero-order valence-corrected chi connectivity index (χ0v) is 18.2. The molecule has 1 N–H and O–H groups in total. The number of hydrogen-bond donors (Lipinski definition) is 1.